The fourth-order valence-electron chi connectivity index (χ4n) is 10.1. The molecule has 4 heterocycles. The largest absolute Gasteiger partial charge is 0.350 e. The summed E-state index contributed by atoms with van der Waals surface area (Å²) in [4.78, 5) is 60.1. The minimum absolute atomic E-state index is 0.0376. The lowest BCUT2D eigenvalue weighted by Gasteiger charge is -2.27. The fourth-order valence-corrected chi connectivity index (χ4v) is 10.1. The number of carbonyl (C=O) groups is 4. The minimum Gasteiger partial charge on any atom is -0.350 e. The summed E-state index contributed by atoms with van der Waals surface area (Å²) in [5.74, 6) is -1.65. The van der Waals surface area contributed by atoms with Crippen LogP contribution in [-0.2, 0) is 38.7 Å². The van der Waals surface area contributed by atoms with E-state index in [1.807, 2.05) is 61.3 Å². The summed E-state index contributed by atoms with van der Waals surface area (Å²) in [6.45, 7) is 9.88. The zero-order valence-corrected chi connectivity index (χ0v) is 46.5. The standard InChI is InChI=1S/C67H82N6O4/c1-5-7-9-11-13-15-17-19-21-23-41-72-64(74)60(52(3)62(48-68)66(72)76)35-33-54-37-43-70(44-38-54)50-58-29-25-56(26-30-58)47-57-27-31-59(32-28-57)51-71-45-39-55(40-46-71)34-36-61-53(4)63(49-69)67(77)73(65(61)75)42-24-22-20-18-16-14-12-10-8-6-2/h25-40,43-46H,5-24,41-42,47,50-51H2,1-4H3/b60-35-,61-36-. The van der Waals surface area contributed by atoms with Gasteiger partial charge in [-0.25, -0.2) is 0 Å². The van der Waals surface area contributed by atoms with Gasteiger partial charge in [-0.05, 0) is 114 Å². The highest BCUT2D eigenvalue weighted by molar-refractivity contribution is 6.19. The molecular weight excluding hydrogens is 953 g/mol. The molecular formula is C67H82N6O4. The van der Waals surface area contributed by atoms with Crippen LogP contribution >= 0.6 is 0 Å². The summed E-state index contributed by atoms with van der Waals surface area (Å²) in [6, 6.07) is 21.5. The van der Waals surface area contributed by atoms with E-state index in [-0.39, 0.29) is 23.0 Å². The Morgan fingerprint density at radius 3 is 1.01 bits per heavy atom. The van der Waals surface area contributed by atoms with E-state index in [4.69, 9.17) is 0 Å². The van der Waals surface area contributed by atoms with Crippen LogP contribution in [0.1, 0.15) is 178 Å². The number of benzene rings is 2. The second-order valence-electron chi connectivity index (χ2n) is 21.0. The molecule has 0 aliphatic carbocycles. The van der Waals surface area contributed by atoms with Crippen LogP contribution in [0, 0.1) is 22.7 Å². The summed E-state index contributed by atoms with van der Waals surface area (Å²) >= 11 is 0. The van der Waals surface area contributed by atoms with Crippen LogP contribution in [-0.4, -0.2) is 56.3 Å². The molecule has 6 rings (SSSR count). The van der Waals surface area contributed by atoms with Gasteiger partial charge in [-0.15, -0.1) is 0 Å². The third-order valence-corrected chi connectivity index (χ3v) is 15.0. The molecule has 0 saturated heterocycles. The second kappa shape index (κ2) is 31.7. The maximum absolute atomic E-state index is 13.6. The minimum atomic E-state index is -0.489. The highest BCUT2D eigenvalue weighted by atomic mass is 16.2. The molecule has 0 aromatic heterocycles. The van der Waals surface area contributed by atoms with E-state index in [9.17, 15) is 29.7 Å². The Hall–Kier alpha value is -7.30. The molecule has 0 fully saturated rings. The van der Waals surface area contributed by atoms with Crippen molar-refractivity contribution in [3.63, 3.8) is 0 Å². The maximum atomic E-state index is 13.6. The molecule has 10 nitrogen and oxygen atoms in total. The molecule has 0 spiro atoms. The number of unbranched alkanes of at least 4 members (excludes halogenated alkanes) is 18. The van der Waals surface area contributed by atoms with Crippen molar-refractivity contribution in [2.45, 2.75) is 176 Å². The van der Waals surface area contributed by atoms with Gasteiger partial charge in [0.2, 0.25) is 0 Å². The molecule has 0 N–H and O–H groups in total. The van der Waals surface area contributed by atoms with Crippen molar-refractivity contribution in [3.8, 4) is 12.1 Å². The monoisotopic (exact) mass is 1030 g/mol. The van der Waals surface area contributed by atoms with Crippen LogP contribution < -0.4 is 0 Å². The average molecular weight is 1040 g/mol. The smallest absolute Gasteiger partial charge is 0.271 e. The van der Waals surface area contributed by atoms with E-state index in [1.54, 1.807) is 26.0 Å². The van der Waals surface area contributed by atoms with Gasteiger partial charge in [-0.1, -0.05) is 190 Å². The number of rotatable bonds is 30. The Balaban J connectivity index is 0.931. The van der Waals surface area contributed by atoms with Crippen LogP contribution in [0.2, 0.25) is 0 Å². The van der Waals surface area contributed by atoms with E-state index in [1.165, 1.54) is 122 Å². The first kappa shape index (κ1) is 59.0. The first-order valence-electron chi connectivity index (χ1n) is 28.7. The van der Waals surface area contributed by atoms with Crippen molar-refractivity contribution < 1.29 is 19.2 Å². The Labute approximate surface area is 460 Å². The molecule has 2 aromatic carbocycles. The lowest BCUT2D eigenvalue weighted by Crippen LogP contribution is -2.43. The average Bonchev–Trinajstić information content (AvgIpc) is 3.45. The van der Waals surface area contributed by atoms with Gasteiger partial charge >= 0.3 is 0 Å². The van der Waals surface area contributed by atoms with Crippen molar-refractivity contribution in [2.24, 2.45) is 0 Å². The van der Waals surface area contributed by atoms with Crippen molar-refractivity contribution in [1.29, 1.82) is 10.5 Å². The van der Waals surface area contributed by atoms with E-state index in [2.05, 4.69) is 84.3 Å². The lowest BCUT2D eigenvalue weighted by molar-refractivity contribution is -0.142. The van der Waals surface area contributed by atoms with E-state index < -0.39 is 11.8 Å². The van der Waals surface area contributed by atoms with Gasteiger partial charge in [-0.3, -0.25) is 29.0 Å². The lowest BCUT2D eigenvalue weighted by atomic mass is 9.94. The van der Waals surface area contributed by atoms with Gasteiger partial charge in [0.05, 0.1) is 0 Å². The summed E-state index contributed by atoms with van der Waals surface area (Å²) in [7, 11) is 0. The first-order valence-corrected chi connectivity index (χ1v) is 28.7. The highest BCUT2D eigenvalue weighted by Gasteiger charge is 2.36. The van der Waals surface area contributed by atoms with Gasteiger partial charge in [-0.2, -0.15) is 10.5 Å². The number of nitriles is 2. The van der Waals surface area contributed by atoms with Crippen LogP contribution in [0.25, 0.3) is 0 Å². The summed E-state index contributed by atoms with van der Waals surface area (Å²) in [5.41, 5.74) is 8.32. The topological polar surface area (TPSA) is 129 Å². The van der Waals surface area contributed by atoms with E-state index in [0.717, 1.165) is 56.1 Å². The van der Waals surface area contributed by atoms with Crippen LogP contribution in [0.3, 0.4) is 0 Å². The van der Waals surface area contributed by atoms with Crippen molar-refractivity contribution in [2.75, 3.05) is 13.1 Å². The molecule has 4 aliphatic rings. The number of amides is 4. The van der Waals surface area contributed by atoms with Crippen LogP contribution in [0.5, 0.6) is 0 Å². The molecule has 0 atom stereocenters. The predicted molar refractivity (Wildman–Crippen MR) is 309 cm³/mol. The number of imide groups is 2. The third kappa shape index (κ3) is 17.9. The Morgan fingerprint density at radius 2 is 0.701 bits per heavy atom. The molecule has 77 heavy (non-hydrogen) atoms. The van der Waals surface area contributed by atoms with Crippen LogP contribution in [0.15, 0.2) is 167 Å². The van der Waals surface area contributed by atoms with Gasteiger partial charge in [0.25, 0.3) is 23.6 Å². The number of carbonyl (C=O) groups excluding carboxylic acids is 4. The Kier molecular flexibility index (Phi) is 24.3. The zero-order chi connectivity index (χ0) is 54.8. The quantitative estimate of drug-likeness (QED) is 0.0430. The van der Waals surface area contributed by atoms with Crippen molar-refractivity contribution in [1.82, 2.24) is 19.6 Å². The molecule has 10 heteroatoms. The SMILES string of the molecule is CCCCCCCCCCCCN1C(=O)C(C#N)=C(C)/C(=C/C=C2C=CN(Cc3ccc(Cc4ccc(CN5C=CC(=C/C=C6\C(=O)N(CCCCCCCCCCCC)C(=O)C(C#N)=C6C)C=C5)cc4)cc3)C=C2)C1=O. The fraction of sp³-hybridized carbons (Fsp3) is 0.433. The maximum Gasteiger partial charge on any atom is 0.271 e. The molecule has 4 aliphatic heterocycles. The van der Waals surface area contributed by atoms with Gasteiger partial charge in [0.1, 0.15) is 23.3 Å². The Morgan fingerprint density at radius 1 is 0.403 bits per heavy atom. The van der Waals surface area contributed by atoms with Crippen LogP contribution in [0.4, 0.5) is 0 Å². The van der Waals surface area contributed by atoms with Crippen molar-refractivity contribution in [3.05, 3.63) is 189 Å². The number of nitrogens with zero attached hydrogens (tertiary/aromatic N) is 6. The number of hydrogen-bond acceptors (Lipinski definition) is 8. The highest BCUT2D eigenvalue weighted by Crippen LogP contribution is 2.29. The predicted octanol–water partition coefficient (Wildman–Crippen LogP) is 14.9. The Bertz CT molecular complexity index is 2560. The molecule has 0 radical (unpaired) electrons. The van der Waals surface area contributed by atoms with E-state index >= 15 is 0 Å². The summed E-state index contributed by atoms with van der Waals surface area (Å²) < 4.78 is 0. The van der Waals surface area contributed by atoms with Gasteiger partial charge in [0, 0.05) is 62.1 Å². The van der Waals surface area contributed by atoms with E-state index in [0.29, 0.717) is 48.5 Å². The molecule has 0 unspecified atom stereocenters. The first-order chi connectivity index (χ1) is 37.5. The number of allylic oxidation sites excluding steroid dienone is 10. The summed E-state index contributed by atoms with van der Waals surface area (Å²) in [6.07, 6.45) is 47.3. The third-order valence-electron chi connectivity index (χ3n) is 15.0. The second-order valence-corrected chi connectivity index (χ2v) is 21.0. The molecule has 404 valence electrons. The summed E-state index contributed by atoms with van der Waals surface area (Å²) in [5, 5.41) is 19.7. The number of hydrogen-bond donors (Lipinski definition) is 0. The normalized spacial score (nSPS) is 16.8. The van der Waals surface area contributed by atoms with Gasteiger partial charge in [0.15, 0.2) is 0 Å². The van der Waals surface area contributed by atoms with Crippen molar-refractivity contribution >= 4 is 23.6 Å². The van der Waals surface area contributed by atoms with Gasteiger partial charge < -0.3 is 9.80 Å². The molecule has 0 bridgehead atoms. The zero-order valence-electron chi connectivity index (χ0n) is 46.5. The molecule has 0 saturated carbocycles. The molecule has 4 amide bonds. The molecule has 2 aromatic rings.